The third-order valence-electron chi connectivity index (χ3n) is 2.26. The number of rotatable bonds is 7. The highest BCUT2D eigenvalue weighted by Gasteiger charge is 2.22. The summed E-state index contributed by atoms with van der Waals surface area (Å²) in [6.45, 7) is 7.58. The van der Waals surface area contributed by atoms with Crippen molar-refractivity contribution in [2.24, 2.45) is 0 Å². The molecule has 0 saturated carbocycles. The van der Waals surface area contributed by atoms with Crippen LogP contribution in [0.3, 0.4) is 0 Å². The van der Waals surface area contributed by atoms with Crippen LogP contribution in [0.25, 0.3) is 0 Å². The molecule has 0 amide bonds. The molecule has 0 aliphatic heterocycles. The Morgan fingerprint density at radius 3 is 2.25 bits per heavy atom. The first kappa shape index (κ1) is 15.4. The summed E-state index contributed by atoms with van der Waals surface area (Å²) in [6, 6.07) is 0. The molecule has 0 aromatic heterocycles. The van der Waals surface area contributed by atoms with Crippen LogP contribution in [-0.4, -0.2) is 22.8 Å². The number of ether oxygens (including phenoxy) is 1. The van der Waals surface area contributed by atoms with E-state index >= 15 is 0 Å². The lowest BCUT2D eigenvalue weighted by atomic mass is 10.1. The minimum atomic E-state index is -0.958. The maximum Gasteiger partial charge on any atom is 0.335 e. The molecular formula is C13H26O3. The van der Waals surface area contributed by atoms with Crippen molar-refractivity contribution in [1.82, 2.24) is 0 Å². The Kier molecular flexibility index (Phi) is 7.39. The van der Waals surface area contributed by atoms with Crippen molar-refractivity contribution in [2.75, 3.05) is 0 Å². The van der Waals surface area contributed by atoms with E-state index in [2.05, 4.69) is 6.92 Å². The average Bonchev–Trinajstić information content (AvgIpc) is 2.14. The summed E-state index contributed by atoms with van der Waals surface area (Å²) in [5, 5.41) is 9.56. The van der Waals surface area contributed by atoms with Gasteiger partial charge in [0, 0.05) is 0 Å². The van der Waals surface area contributed by atoms with Crippen molar-refractivity contribution in [2.45, 2.75) is 77.9 Å². The molecule has 0 bridgehead atoms. The molecule has 0 spiro atoms. The van der Waals surface area contributed by atoms with Crippen LogP contribution in [0.4, 0.5) is 0 Å². The zero-order chi connectivity index (χ0) is 12.6. The SMILES string of the molecule is CCCCCCCC(O)C(=O)OC(C)(C)C. The average molecular weight is 230 g/mol. The second-order valence-electron chi connectivity index (χ2n) is 5.25. The van der Waals surface area contributed by atoms with Crippen LogP contribution >= 0.6 is 0 Å². The van der Waals surface area contributed by atoms with E-state index in [1.807, 2.05) is 0 Å². The predicted molar refractivity (Wildman–Crippen MR) is 65.2 cm³/mol. The van der Waals surface area contributed by atoms with Crippen LogP contribution < -0.4 is 0 Å². The van der Waals surface area contributed by atoms with Gasteiger partial charge in [-0.1, -0.05) is 39.0 Å². The summed E-state index contributed by atoms with van der Waals surface area (Å²) >= 11 is 0. The molecule has 0 rings (SSSR count). The van der Waals surface area contributed by atoms with E-state index in [1.54, 1.807) is 20.8 Å². The van der Waals surface area contributed by atoms with Crippen LogP contribution in [-0.2, 0) is 9.53 Å². The van der Waals surface area contributed by atoms with Crippen LogP contribution in [0.2, 0.25) is 0 Å². The van der Waals surface area contributed by atoms with Crippen molar-refractivity contribution >= 4 is 5.97 Å². The first-order valence-corrected chi connectivity index (χ1v) is 6.27. The molecule has 0 aromatic carbocycles. The second-order valence-corrected chi connectivity index (χ2v) is 5.25. The van der Waals surface area contributed by atoms with Gasteiger partial charge in [0.1, 0.15) is 5.60 Å². The van der Waals surface area contributed by atoms with Gasteiger partial charge in [0.15, 0.2) is 6.10 Å². The molecule has 96 valence electrons. The Bertz CT molecular complexity index is 194. The molecular weight excluding hydrogens is 204 g/mol. The lowest BCUT2D eigenvalue weighted by molar-refractivity contribution is -0.165. The van der Waals surface area contributed by atoms with Crippen LogP contribution in [0.1, 0.15) is 66.2 Å². The van der Waals surface area contributed by atoms with Crippen molar-refractivity contribution in [3.63, 3.8) is 0 Å². The van der Waals surface area contributed by atoms with Crippen LogP contribution in [0.15, 0.2) is 0 Å². The molecule has 1 atom stereocenters. The van der Waals surface area contributed by atoms with E-state index in [0.717, 1.165) is 12.8 Å². The molecule has 3 heteroatoms. The fourth-order valence-corrected chi connectivity index (χ4v) is 1.43. The number of carbonyl (C=O) groups is 1. The van der Waals surface area contributed by atoms with Gasteiger partial charge in [0.05, 0.1) is 0 Å². The number of aliphatic hydroxyl groups excluding tert-OH is 1. The van der Waals surface area contributed by atoms with Gasteiger partial charge in [-0.2, -0.15) is 0 Å². The highest BCUT2D eigenvalue weighted by Crippen LogP contribution is 2.12. The van der Waals surface area contributed by atoms with Gasteiger partial charge in [0.25, 0.3) is 0 Å². The van der Waals surface area contributed by atoms with E-state index < -0.39 is 17.7 Å². The molecule has 0 heterocycles. The zero-order valence-corrected chi connectivity index (χ0v) is 11.1. The normalized spacial score (nSPS) is 13.6. The van der Waals surface area contributed by atoms with Crippen LogP contribution in [0, 0.1) is 0 Å². The fraction of sp³-hybridized carbons (Fsp3) is 0.923. The molecule has 0 aromatic rings. The number of aliphatic hydroxyl groups is 1. The summed E-state index contributed by atoms with van der Waals surface area (Å²) < 4.78 is 5.09. The highest BCUT2D eigenvalue weighted by molar-refractivity contribution is 5.74. The number of unbranched alkanes of at least 4 members (excludes halogenated alkanes) is 4. The smallest absolute Gasteiger partial charge is 0.335 e. The van der Waals surface area contributed by atoms with Gasteiger partial charge in [-0.3, -0.25) is 0 Å². The lowest BCUT2D eigenvalue weighted by Gasteiger charge is -2.21. The molecule has 0 aliphatic rings. The summed E-state index contributed by atoms with van der Waals surface area (Å²) in [7, 11) is 0. The summed E-state index contributed by atoms with van der Waals surface area (Å²) in [5.74, 6) is -0.497. The Morgan fingerprint density at radius 2 is 1.75 bits per heavy atom. The van der Waals surface area contributed by atoms with Crippen LogP contribution in [0.5, 0.6) is 0 Å². The van der Waals surface area contributed by atoms with Crippen molar-refractivity contribution in [1.29, 1.82) is 0 Å². The minimum absolute atomic E-state index is 0.497. The molecule has 16 heavy (non-hydrogen) atoms. The standard InChI is InChI=1S/C13H26O3/c1-5-6-7-8-9-10-11(14)12(15)16-13(2,3)4/h11,14H,5-10H2,1-4H3. The minimum Gasteiger partial charge on any atom is -0.458 e. The Balaban J connectivity index is 3.64. The van der Waals surface area contributed by atoms with Gasteiger partial charge in [-0.25, -0.2) is 4.79 Å². The number of hydrogen-bond donors (Lipinski definition) is 1. The molecule has 1 N–H and O–H groups in total. The maximum absolute atomic E-state index is 11.4. The topological polar surface area (TPSA) is 46.5 Å². The lowest BCUT2D eigenvalue weighted by Crippen LogP contribution is -2.31. The summed E-state index contributed by atoms with van der Waals surface area (Å²) in [4.78, 5) is 11.4. The molecule has 1 unspecified atom stereocenters. The van der Waals surface area contributed by atoms with E-state index in [4.69, 9.17) is 4.74 Å². The number of hydrogen-bond acceptors (Lipinski definition) is 3. The van der Waals surface area contributed by atoms with Gasteiger partial charge in [-0.15, -0.1) is 0 Å². The van der Waals surface area contributed by atoms with Crippen molar-refractivity contribution in [3.8, 4) is 0 Å². The first-order chi connectivity index (χ1) is 7.37. The van der Waals surface area contributed by atoms with Gasteiger partial charge < -0.3 is 9.84 Å². The maximum atomic E-state index is 11.4. The molecule has 3 nitrogen and oxygen atoms in total. The molecule has 0 fully saturated rings. The third kappa shape index (κ3) is 8.72. The van der Waals surface area contributed by atoms with E-state index in [1.165, 1.54) is 19.3 Å². The van der Waals surface area contributed by atoms with Gasteiger partial charge in [0.2, 0.25) is 0 Å². The van der Waals surface area contributed by atoms with Gasteiger partial charge in [-0.05, 0) is 27.2 Å². The Labute approximate surface area is 99.2 Å². The highest BCUT2D eigenvalue weighted by atomic mass is 16.6. The first-order valence-electron chi connectivity index (χ1n) is 6.27. The largest absolute Gasteiger partial charge is 0.458 e. The van der Waals surface area contributed by atoms with E-state index in [9.17, 15) is 9.90 Å². The summed E-state index contributed by atoms with van der Waals surface area (Å²) in [6.07, 6.45) is 5.13. The molecule has 0 radical (unpaired) electrons. The van der Waals surface area contributed by atoms with E-state index in [-0.39, 0.29) is 0 Å². The number of esters is 1. The summed E-state index contributed by atoms with van der Waals surface area (Å²) in [5.41, 5.74) is -0.514. The van der Waals surface area contributed by atoms with Crippen molar-refractivity contribution in [3.05, 3.63) is 0 Å². The fourth-order valence-electron chi connectivity index (χ4n) is 1.43. The van der Waals surface area contributed by atoms with Gasteiger partial charge >= 0.3 is 5.97 Å². The predicted octanol–water partition coefficient (Wildman–Crippen LogP) is 3.05. The quantitative estimate of drug-likeness (QED) is 0.540. The Morgan fingerprint density at radius 1 is 1.19 bits per heavy atom. The Hall–Kier alpha value is -0.570. The molecule has 0 aliphatic carbocycles. The third-order valence-corrected chi connectivity index (χ3v) is 2.26. The zero-order valence-electron chi connectivity index (χ0n) is 11.1. The monoisotopic (exact) mass is 230 g/mol. The second kappa shape index (κ2) is 7.66. The van der Waals surface area contributed by atoms with E-state index in [0.29, 0.717) is 6.42 Å². The molecule has 0 saturated heterocycles. The number of carbonyl (C=O) groups excluding carboxylic acids is 1. The van der Waals surface area contributed by atoms with Crippen molar-refractivity contribution < 1.29 is 14.6 Å².